The Balaban J connectivity index is 1.81. The molecule has 0 heterocycles. The Morgan fingerprint density at radius 2 is 1.32 bits per heavy atom. The number of hydrogen-bond donors (Lipinski definition) is 2. The number of benzene rings is 2. The standard InChI is InChI=1S/C22H26Cl4N2O4S2/c1-21(2)10-16(28-34(31,32)20-9-15(24)5-7-18(20)26)11-22(3,12-21)13-27-33(29,30)19-8-14(23)4-6-17(19)25/h4-9,16,27-28H,10-13H2,1-3H3/t16-,22+/m0/s1. The van der Waals surface area contributed by atoms with E-state index in [2.05, 4.69) is 9.44 Å². The van der Waals surface area contributed by atoms with Crippen molar-refractivity contribution >= 4 is 66.5 Å². The summed E-state index contributed by atoms with van der Waals surface area (Å²) in [4.78, 5) is -0.198. The van der Waals surface area contributed by atoms with E-state index >= 15 is 0 Å². The molecule has 0 radical (unpaired) electrons. The lowest BCUT2D eigenvalue weighted by Crippen LogP contribution is -2.50. The summed E-state index contributed by atoms with van der Waals surface area (Å²) in [6.45, 7) is 6.09. The van der Waals surface area contributed by atoms with Crippen LogP contribution >= 0.6 is 46.4 Å². The Morgan fingerprint density at radius 1 is 0.824 bits per heavy atom. The topological polar surface area (TPSA) is 92.3 Å². The van der Waals surface area contributed by atoms with Crippen LogP contribution < -0.4 is 9.44 Å². The molecule has 2 atom stereocenters. The Bertz CT molecular complexity index is 1300. The van der Waals surface area contributed by atoms with Crippen LogP contribution in [0.3, 0.4) is 0 Å². The summed E-state index contributed by atoms with van der Waals surface area (Å²) in [6.07, 6.45) is 1.68. The number of hydrogen-bond acceptors (Lipinski definition) is 4. The Labute approximate surface area is 221 Å². The molecule has 0 amide bonds. The first-order valence-electron chi connectivity index (χ1n) is 10.4. The molecule has 0 saturated heterocycles. The van der Waals surface area contributed by atoms with Gasteiger partial charge >= 0.3 is 0 Å². The van der Waals surface area contributed by atoms with Crippen molar-refractivity contribution in [3.05, 3.63) is 56.5 Å². The molecule has 2 N–H and O–H groups in total. The molecule has 0 unspecified atom stereocenters. The Kier molecular flexibility index (Phi) is 8.28. The number of sulfonamides is 2. The molecule has 2 aromatic carbocycles. The van der Waals surface area contributed by atoms with E-state index in [1.807, 2.05) is 20.8 Å². The minimum atomic E-state index is -3.95. The van der Waals surface area contributed by atoms with Gasteiger partial charge in [-0.2, -0.15) is 0 Å². The van der Waals surface area contributed by atoms with Crippen molar-refractivity contribution in [2.75, 3.05) is 6.54 Å². The minimum absolute atomic E-state index is 0.0649. The zero-order valence-electron chi connectivity index (χ0n) is 18.8. The Morgan fingerprint density at radius 3 is 1.85 bits per heavy atom. The van der Waals surface area contributed by atoms with Crippen LogP contribution in [0.25, 0.3) is 0 Å². The van der Waals surface area contributed by atoms with Crippen LogP contribution in [0.4, 0.5) is 0 Å². The van der Waals surface area contributed by atoms with Crippen LogP contribution in [0.5, 0.6) is 0 Å². The third kappa shape index (κ3) is 6.79. The van der Waals surface area contributed by atoms with Crippen LogP contribution in [0, 0.1) is 10.8 Å². The normalized spacial score (nSPS) is 23.1. The highest BCUT2D eigenvalue weighted by Gasteiger charge is 2.43. The number of halogens is 4. The summed E-state index contributed by atoms with van der Waals surface area (Å²) in [6, 6.07) is 8.05. The van der Waals surface area contributed by atoms with Gasteiger partial charge in [0.05, 0.1) is 10.0 Å². The molecule has 1 fully saturated rings. The van der Waals surface area contributed by atoms with Gasteiger partial charge in [-0.1, -0.05) is 67.2 Å². The fourth-order valence-corrected chi connectivity index (χ4v) is 8.81. The predicted octanol–water partition coefficient (Wildman–Crippen LogP) is 6.14. The summed E-state index contributed by atoms with van der Waals surface area (Å²) in [7, 11) is -7.88. The molecule has 0 spiro atoms. The van der Waals surface area contributed by atoms with Crippen molar-refractivity contribution in [1.82, 2.24) is 9.44 Å². The largest absolute Gasteiger partial charge is 0.242 e. The van der Waals surface area contributed by atoms with Crippen LogP contribution in [0.1, 0.15) is 40.0 Å². The average molecular weight is 588 g/mol. The zero-order chi connectivity index (χ0) is 25.5. The van der Waals surface area contributed by atoms with Crippen molar-refractivity contribution in [3.63, 3.8) is 0 Å². The maximum atomic E-state index is 13.1. The van der Waals surface area contributed by atoms with Crippen molar-refractivity contribution in [1.29, 1.82) is 0 Å². The van der Waals surface area contributed by atoms with Gasteiger partial charge in [0.15, 0.2) is 0 Å². The first-order chi connectivity index (χ1) is 15.5. The molecule has 188 valence electrons. The van der Waals surface area contributed by atoms with E-state index in [4.69, 9.17) is 46.4 Å². The summed E-state index contributed by atoms with van der Waals surface area (Å²) < 4.78 is 57.4. The second kappa shape index (κ2) is 10.1. The zero-order valence-corrected chi connectivity index (χ0v) is 23.5. The first-order valence-corrected chi connectivity index (χ1v) is 14.9. The van der Waals surface area contributed by atoms with E-state index in [-0.39, 0.29) is 41.8 Å². The maximum absolute atomic E-state index is 13.1. The van der Waals surface area contributed by atoms with Gasteiger partial charge in [0.1, 0.15) is 9.79 Å². The molecular formula is C22H26Cl4N2O4S2. The van der Waals surface area contributed by atoms with Gasteiger partial charge < -0.3 is 0 Å². The second-order valence-electron chi connectivity index (χ2n) is 9.85. The van der Waals surface area contributed by atoms with E-state index < -0.39 is 31.5 Å². The van der Waals surface area contributed by atoms with Crippen LogP contribution in [-0.4, -0.2) is 29.4 Å². The number of rotatable bonds is 7. The molecule has 3 rings (SSSR count). The average Bonchev–Trinajstić information content (AvgIpc) is 2.68. The van der Waals surface area contributed by atoms with E-state index in [1.54, 1.807) is 0 Å². The fourth-order valence-electron chi connectivity index (χ4n) is 4.85. The monoisotopic (exact) mass is 586 g/mol. The van der Waals surface area contributed by atoms with E-state index in [0.29, 0.717) is 19.3 Å². The highest BCUT2D eigenvalue weighted by Crippen LogP contribution is 2.46. The molecule has 1 aliphatic rings. The lowest BCUT2D eigenvalue weighted by atomic mass is 9.63. The summed E-state index contributed by atoms with van der Waals surface area (Å²) in [5.41, 5.74) is -0.789. The van der Waals surface area contributed by atoms with Gasteiger partial charge in [0.25, 0.3) is 0 Å². The van der Waals surface area contributed by atoms with Crippen molar-refractivity contribution < 1.29 is 16.8 Å². The van der Waals surface area contributed by atoms with Crippen molar-refractivity contribution in [2.45, 2.75) is 55.9 Å². The number of nitrogens with one attached hydrogen (secondary N) is 2. The second-order valence-corrected chi connectivity index (χ2v) is 15.0. The minimum Gasteiger partial charge on any atom is -0.211 e. The SMILES string of the molecule is CC1(C)C[C@H](NS(=O)(=O)c2cc(Cl)ccc2Cl)C[C@@](C)(CNS(=O)(=O)c2cc(Cl)ccc2Cl)C1. The molecule has 0 aliphatic heterocycles. The van der Waals surface area contributed by atoms with Gasteiger partial charge in [0.2, 0.25) is 20.0 Å². The highest BCUT2D eigenvalue weighted by atomic mass is 35.5. The predicted molar refractivity (Wildman–Crippen MR) is 138 cm³/mol. The molecule has 2 aromatic rings. The van der Waals surface area contributed by atoms with Crippen molar-refractivity contribution in [3.8, 4) is 0 Å². The summed E-state index contributed by atoms with van der Waals surface area (Å²) >= 11 is 24.1. The van der Waals surface area contributed by atoms with Crippen LogP contribution in [0.2, 0.25) is 20.1 Å². The van der Waals surface area contributed by atoms with Gasteiger partial charge in [-0.05, 0) is 66.5 Å². The molecule has 6 nitrogen and oxygen atoms in total. The van der Waals surface area contributed by atoms with Crippen LogP contribution in [-0.2, 0) is 20.0 Å². The molecule has 1 saturated carbocycles. The maximum Gasteiger partial charge on any atom is 0.242 e. The molecule has 34 heavy (non-hydrogen) atoms. The van der Waals surface area contributed by atoms with E-state index in [9.17, 15) is 16.8 Å². The van der Waals surface area contributed by atoms with E-state index in [0.717, 1.165) is 0 Å². The van der Waals surface area contributed by atoms with Gasteiger partial charge in [0, 0.05) is 22.6 Å². The smallest absolute Gasteiger partial charge is 0.211 e. The molecule has 0 aromatic heterocycles. The highest BCUT2D eigenvalue weighted by molar-refractivity contribution is 7.90. The lowest BCUT2D eigenvalue weighted by Gasteiger charge is -2.46. The van der Waals surface area contributed by atoms with E-state index in [1.165, 1.54) is 36.4 Å². The quantitative estimate of drug-likeness (QED) is 0.407. The third-order valence-electron chi connectivity index (χ3n) is 5.82. The van der Waals surface area contributed by atoms with Gasteiger partial charge in [-0.3, -0.25) is 0 Å². The summed E-state index contributed by atoms with van der Waals surface area (Å²) in [5, 5.41) is 0.646. The van der Waals surface area contributed by atoms with Gasteiger partial charge in [-0.25, -0.2) is 26.3 Å². The summed E-state index contributed by atoms with van der Waals surface area (Å²) in [5.74, 6) is 0. The van der Waals surface area contributed by atoms with Crippen molar-refractivity contribution in [2.24, 2.45) is 10.8 Å². The molecular weight excluding hydrogens is 562 g/mol. The fraction of sp³-hybridized carbons (Fsp3) is 0.455. The van der Waals surface area contributed by atoms with Gasteiger partial charge in [-0.15, -0.1) is 0 Å². The molecule has 1 aliphatic carbocycles. The first kappa shape index (κ1) is 28.0. The van der Waals surface area contributed by atoms with Crippen LogP contribution in [0.15, 0.2) is 46.2 Å². The lowest BCUT2D eigenvalue weighted by molar-refractivity contribution is 0.0821. The Hall–Kier alpha value is -0.580. The molecule has 12 heteroatoms. The molecule has 0 bridgehead atoms. The third-order valence-corrected chi connectivity index (χ3v) is 10.2.